The molecule has 0 aromatic heterocycles. The Bertz CT molecular complexity index is 947. The first kappa shape index (κ1) is 21.2. The lowest BCUT2D eigenvalue weighted by Crippen LogP contribution is -2.24. The van der Waals surface area contributed by atoms with Crippen LogP contribution in [-0.2, 0) is 14.3 Å². The summed E-state index contributed by atoms with van der Waals surface area (Å²) in [6.45, 7) is 2.02. The summed E-state index contributed by atoms with van der Waals surface area (Å²) < 4.78 is 15.6. The first-order valence-electron chi connectivity index (χ1n) is 9.53. The predicted molar refractivity (Wildman–Crippen MR) is 111 cm³/mol. The monoisotopic (exact) mass is 412 g/mol. The van der Waals surface area contributed by atoms with E-state index >= 15 is 0 Å². The van der Waals surface area contributed by atoms with Gasteiger partial charge in [0.15, 0.2) is 6.61 Å². The fraction of sp³-hybridized carbons (Fsp3) is 0.318. The number of nitrogens with one attached hydrogen (secondary N) is 1. The maximum absolute atomic E-state index is 12.4. The van der Waals surface area contributed by atoms with Crippen LogP contribution in [0.2, 0.25) is 0 Å². The standard InChI is InChI=1S/C22H24N2O6/c1-14-18(28-2)10-15(11-19(14)29-3)22(27)30-13-20(25)23-16-6-4-7-17(12-16)24-9-5-8-21(24)26/h4,6-7,10-12H,5,8-9,13H2,1-3H3,(H,23,25). The Morgan fingerprint density at radius 3 is 2.40 bits per heavy atom. The first-order chi connectivity index (χ1) is 14.4. The largest absolute Gasteiger partial charge is 0.496 e. The van der Waals surface area contributed by atoms with Gasteiger partial charge in [0, 0.05) is 29.9 Å². The number of rotatable bonds is 7. The van der Waals surface area contributed by atoms with Crippen LogP contribution in [-0.4, -0.2) is 45.2 Å². The second-order valence-electron chi connectivity index (χ2n) is 6.83. The number of nitrogens with zero attached hydrogens (tertiary/aromatic N) is 1. The molecular weight excluding hydrogens is 388 g/mol. The number of carbonyl (C=O) groups is 3. The van der Waals surface area contributed by atoms with Crippen LogP contribution in [0.25, 0.3) is 0 Å². The molecule has 0 bridgehead atoms. The second kappa shape index (κ2) is 9.30. The average Bonchev–Trinajstić information content (AvgIpc) is 3.18. The molecule has 0 saturated carbocycles. The number of hydrogen-bond acceptors (Lipinski definition) is 6. The van der Waals surface area contributed by atoms with Crippen molar-refractivity contribution in [3.63, 3.8) is 0 Å². The molecule has 1 heterocycles. The van der Waals surface area contributed by atoms with E-state index in [1.54, 1.807) is 23.1 Å². The van der Waals surface area contributed by atoms with Gasteiger partial charge in [0.1, 0.15) is 11.5 Å². The van der Waals surface area contributed by atoms with Gasteiger partial charge in [0.25, 0.3) is 5.91 Å². The van der Waals surface area contributed by atoms with Gasteiger partial charge in [-0.05, 0) is 43.7 Å². The smallest absolute Gasteiger partial charge is 0.338 e. The molecule has 1 saturated heterocycles. The molecule has 2 aromatic rings. The highest BCUT2D eigenvalue weighted by atomic mass is 16.5. The fourth-order valence-electron chi connectivity index (χ4n) is 3.29. The molecule has 1 fully saturated rings. The van der Waals surface area contributed by atoms with E-state index in [1.807, 2.05) is 13.0 Å². The molecule has 30 heavy (non-hydrogen) atoms. The van der Waals surface area contributed by atoms with Crippen LogP contribution in [0.5, 0.6) is 11.5 Å². The molecule has 2 amide bonds. The van der Waals surface area contributed by atoms with Gasteiger partial charge in [-0.25, -0.2) is 4.79 Å². The van der Waals surface area contributed by atoms with Crippen molar-refractivity contribution >= 4 is 29.2 Å². The van der Waals surface area contributed by atoms with E-state index in [1.165, 1.54) is 26.4 Å². The zero-order valence-electron chi connectivity index (χ0n) is 17.2. The Hall–Kier alpha value is -3.55. The van der Waals surface area contributed by atoms with E-state index in [9.17, 15) is 14.4 Å². The van der Waals surface area contributed by atoms with Crippen molar-refractivity contribution in [2.45, 2.75) is 19.8 Å². The fourth-order valence-corrected chi connectivity index (χ4v) is 3.29. The third-order valence-corrected chi connectivity index (χ3v) is 4.84. The lowest BCUT2D eigenvalue weighted by atomic mass is 10.1. The summed E-state index contributed by atoms with van der Waals surface area (Å²) in [5.74, 6) is -0.119. The average molecular weight is 412 g/mol. The predicted octanol–water partition coefficient (Wildman–Crippen LogP) is 2.93. The van der Waals surface area contributed by atoms with E-state index in [0.717, 1.165) is 17.7 Å². The number of anilines is 2. The minimum absolute atomic E-state index is 0.0661. The molecular formula is C22H24N2O6. The van der Waals surface area contributed by atoms with Crippen molar-refractivity contribution in [1.82, 2.24) is 0 Å². The normalized spacial score (nSPS) is 13.2. The molecule has 0 unspecified atom stereocenters. The highest BCUT2D eigenvalue weighted by Gasteiger charge is 2.22. The van der Waals surface area contributed by atoms with E-state index in [0.29, 0.717) is 30.2 Å². The summed E-state index contributed by atoms with van der Waals surface area (Å²) in [5, 5.41) is 2.68. The van der Waals surface area contributed by atoms with Crippen molar-refractivity contribution in [3.05, 3.63) is 47.5 Å². The molecule has 1 aliphatic rings. The van der Waals surface area contributed by atoms with Crippen LogP contribution in [0.4, 0.5) is 11.4 Å². The highest BCUT2D eigenvalue weighted by molar-refractivity contribution is 5.98. The van der Waals surface area contributed by atoms with Crippen LogP contribution < -0.4 is 19.7 Å². The van der Waals surface area contributed by atoms with E-state index < -0.39 is 18.5 Å². The summed E-state index contributed by atoms with van der Waals surface area (Å²) in [4.78, 5) is 38.2. The number of carbonyl (C=O) groups excluding carboxylic acids is 3. The molecule has 158 valence electrons. The van der Waals surface area contributed by atoms with Crippen LogP contribution in [0.15, 0.2) is 36.4 Å². The topological polar surface area (TPSA) is 94.2 Å². The summed E-state index contributed by atoms with van der Waals surface area (Å²) in [5.41, 5.74) is 2.22. The SMILES string of the molecule is COc1cc(C(=O)OCC(=O)Nc2cccc(N3CCCC3=O)c2)cc(OC)c1C. The molecule has 0 radical (unpaired) electrons. The Morgan fingerprint density at radius 1 is 1.10 bits per heavy atom. The molecule has 1 aliphatic heterocycles. The van der Waals surface area contributed by atoms with Crippen molar-refractivity contribution < 1.29 is 28.6 Å². The molecule has 3 rings (SSSR count). The van der Waals surface area contributed by atoms with Gasteiger partial charge in [-0.15, -0.1) is 0 Å². The van der Waals surface area contributed by atoms with Crippen molar-refractivity contribution in [2.24, 2.45) is 0 Å². The van der Waals surface area contributed by atoms with Gasteiger partial charge < -0.3 is 24.4 Å². The van der Waals surface area contributed by atoms with Crippen molar-refractivity contribution in [2.75, 3.05) is 37.6 Å². The maximum Gasteiger partial charge on any atom is 0.338 e. The number of ether oxygens (including phenoxy) is 3. The van der Waals surface area contributed by atoms with Crippen LogP contribution in [0.3, 0.4) is 0 Å². The zero-order chi connectivity index (χ0) is 21.7. The van der Waals surface area contributed by atoms with E-state index in [-0.39, 0.29) is 11.5 Å². The zero-order valence-corrected chi connectivity index (χ0v) is 17.2. The quantitative estimate of drug-likeness (QED) is 0.703. The summed E-state index contributed by atoms with van der Waals surface area (Å²) in [6, 6.07) is 10.1. The lowest BCUT2D eigenvalue weighted by molar-refractivity contribution is -0.119. The molecule has 0 aliphatic carbocycles. The Labute approximate surface area is 174 Å². The minimum atomic E-state index is -0.668. The van der Waals surface area contributed by atoms with Gasteiger partial charge in [0.2, 0.25) is 5.91 Å². The van der Waals surface area contributed by atoms with E-state index in [2.05, 4.69) is 5.32 Å². The third-order valence-electron chi connectivity index (χ3n) is 4.84. The van der Waals surface area contributed by atoms with Crippen molar-refractivity contribution in [3.8, 4) is 11.5 Å². The maximum atomic E-state index is 12.4. The third kappa shape index (κ3) is 4.71. The summed E-state index contributed by atoms with van der Waals surface area (Å²) >= 11 is 0. The summed E-state index contributed by atoms with van der Waals surface area (Å²) in [7, 11) is 2.99. The van der Waals surface area contributed by atoms with Crippen LogP contribution in [0, 0.1) is 6.92 Å². The van der Waals surface area contributed by atoms with Crippen molar-refractivity contribution in [1.29, 1.82) is 0 Å². The summed E-state index contributed by atoms with van der Waals surface area (Å²) in [6.07, 6.45) is 1.35. The highest BCUT2D eigenvalue weighted by Crippen LogP contribution is 2.30. The molecule has 0 atom stereocenters. The molecule has 0 spiro atoms. The van der Waals surface area contributed by atoms with Crippen LogP contribution in [0.1, 0.15) is 28.8 Å². The number of esters is 1. The Kier molecular flexibility index (Phi) is 6.56. The van der Waals surface area contributed by atoms with E-state index in [4.69, 9.17) is 14.2 Å². The van der Waals surface area contributed by atoms with Gasteiger partial charge in [-0.2, -0.15) is 0 Å². The Morgan fingerprint density at radius 2 is 1.80 bits per heavy atom. The minimum Gasteiger partial charge on any atom is -0.496 e. The van der Waals surface area contributed by atoms with Gasteiger partial charge in [-0.1, -0.05) is 6.07 Å². The number of benzene rings is 2. The first-order valence-corrected chi connectivity index (χ1v) is 9.53. The second-order valence-corrected chi connectivity index (χ2v) is 6.83. The number of amides is 2. The van der Waals surface area contributed by atoms with Gasteiger partial charge >= 0.3 is 5.97 Å². The Balaban J connectivity index is 1.61. The van der Waals surface area contributed by atoms with Crippen LogP contribution >= 0.6 is 0 Å². The molecule has 2 aromatic carbocycles. The lowest BCUT2D eigenvalue weighted by Gasteiger charge is -2.16. The van der Waals surface area contributed by atoms with Gasteiger partial charge in [-0.3, -0.25) is 9.59 Å². The molecule has 1 N–H and O–H groups in total. The molecule has 8 heteroatoms. The number of methoxy groups -OCH3 is 2. The van der Waals surface area contributed by atoms with Gasteiger partial charge in [0.05, 0.1) is 19.8 Å². The number of hydrogen-bond donors (Lipinski definition) is 1. The molecule has 8 nitrogen and oxygen atoms in total.